The lowest BCUT2D eigenvalue weighted by molar-refractivity contribution is -0.259. The average molecular weight is 289 g/mol. The molecule has 1 aliphatic rings. The first-order valence-electron chi connectivity index (χ1n) is 5.33. The van der Waals surface area contributed by atoms with Crippen molar-refractivity contribution in [1.29, 1.82) is 0 Å². The third-order valence-electron chi connectivity index (χ3n) is 2.79. The number of nitrogens with two attached hydrogens (primary N) is 1. The van der Waals surface area contributed by atoms with Crippen molar-refractivity contribution in [2.24, 2.45) is 11.7 Å². The lowest BCUT2D eigenvalue weighted by Gasteiger charge is -2.19. The molecule has 1 aromatic rings. The van der Waals surface area contributed by atoms with Gasteiger partial charge in [-0.05, 0) is 18.8 Å². The topological polar surface area (TPSA) is 64.9 Å². The predicted octanol–water partition coefficient (Wildman–Crippen LogP) is 2.69. The minimum Gasteiger partial charge on any atom is -0.338 e. The van der Waals surface area contributed by atoms with E-state index >= 15 is 0 Å². The van der Waals surface area contributed by atoms with E-state index in [2.05, 4.69) is 14.7 Å². The van der Waals surface area contributed by atoms with E-state index in [1.165, 1.54) is 0 Å². The molecule has 0 spiro atoms. The van der Waals surface area contributed by atoms with Gasteiger partial charge in [0, 0.05) is 0 Å². The van der Waals surface area contributed by atoms with Gasteiger partial charge in [0.05, 0.1) is 6.04 Å². The van der Waals surface area contributed by atoms with Crippen LogP contribution in [0.1, 0.15) is 36.5 Å². The standard InChI is InChI=1S/C9H9F6N3O/c10-8(11,12)5(9(13,14)15)7-17-6(18-19-7)4(16)3-1-2-3/h3-5H,1-2,16H2. The highest BCUT2D eigenvalue weighted by atomic mass is 19.4. The van der Waals surface area contributed by atoms with Gasteiger partial charge < -0.3 is 10.3 Å². The molecule has 108 valence electrons. The molecule has 1 heterocycles. The van der Waals surface area contributed by atoms with Crippen LogP contribution in [0.25, 0.3) is 0 Å². The molecular formula is C9H9F6N3O. The van der Waals surface area contributed by atoms with Crippen molar-refractivity contribution in [2.75, 3.05) is 0 Å². The summed E-state index contributed by atoms with van der Waals surface area (Å²) in [6, 6.07) is -0.792. The Hall–Kier alpha value is -1.32. The molecular weight excluding hydrogens is 280 g/mol. The van der Waals surface area contributed by atoms with E-state index in [1.54, 1.807) is 0 Å². The second kappa shape index (κ2) is 4.36. The Morgan fingerprint density at radius 3 is 2.05 bits per heavy atom. The number of alkyl halides is 6. The van der Waals surface area contributed by atoms with Gasteiger partial charge in [0.1, 0.15) is 0 Å². The molecule has 19 heavy (non-hydrogen) atoms. The molecule has 4 nitrogen and oxygen atoms in total. The van der Waals surface area contributed by atoms with E-state index in [4.69, 9.17) is 5.73 Å². The molecule has 0 aromatic carbocycles. The lowest BCUT2D eigenvalue weighted by atomic mass is 10.1. The Kier molecular flexibility index (Phi) is 3.23. The van der Waals surface area contributed by atoms with E-state index in [1.807, 2.05) is 0 Å². The quantitative estimate of drug-likeness (QED) is 0.869. The first-order valence-corrected chi connectivity index (χ1v) is 5.33. The zero-order valence-corrected chi connectivity index (χ0v) is 9.29. The van der Waals surface area contributed by atoms with Gasteiger partial charge in [-0.2, -0.15) is 31.3 Å². The maximum absolute atomic E-state index is 12.4. The first-order chi connectivity index (χ1) is 8.60. The summed E-state index contributed by atoms with van der Waals surface area (Å²) in [7, 11) is 0. The van der Waals surface area contributed by atoms with Gasteiger partial charge in [0.15, 0.2) is 5.82 Å². The van der Waals surface area contributed by atoms with Crippen LogP contribution in [-0.4, -0.2) is 22.5 Å². The molecule has 1 aliphatic carbocycles. The number of rotatable bonds is 3. The van der Waals surface area contributed by atoms with Crippen molar-refractivity contribution in [3.05, 3.63) is 11.7 Å². The number of hydrogen-bond donors (Lipinski definition) is 1. The SMILES string of the molecule is NC(c1noc(C(C(F)(F)F)C(F)(F)F)n1)C1CC1. The fourth-order valence-corrected chi connectivity index (χ4v) is 1.63. The van der Waals surface area contributed by atoms with Crippen LogP contribution < -0.4 is 5.73 Å². The van der Waals surface area contributed by atoms with E-state index in [-0.39, 0.29) is 11.7 Å². The third-order valence-corrected chi connectivity index (χ3v) is 2.79. The maximum atomic E-state index is 12.4. The van der Waals surface area contributed by atoms with Gasteiger partial charge in [-0.15, -0.1) is 0 Å². The monoisotopic (exact) mass is 289 g/mol. The Morgan fingerprint density at radius 1 is 1.11 bits per heavy atom. The summed E-state index contributed by atoms with van der Waals surface area (Å²) in [6.45, 7) is 0. The van der Waals surface area contributed by atoms with E-state index in [0.29, 0.717) is 0 Å². The van der Waals surface area contributed by atoms with E-state index < -0.39 is 30.2 Å². The summed E-state index contributed by atoms with van der Waals surface area (Å²) in [5, 5.41) is 3.11. The van der Waals surface area contributed by atoms with Gasteiger partial charge in [0.2, 0.25) is 11.8 Å². The summed E-state index contributed by atoms with van der Waals surface area (Å²) >= 11 is 0. The molecule has 2 N–H and O–H groups in total. The van der Waals surface area contributed by atoms with Crippen molar-refractivity contribution in [3.63, 3.8) is 0 Å². The number of aromatic nitrogens is 2. The van der Waals surface area contributed by atoms with Gasteiger partial charge >= 0.3 is 12.4 Å². The molecule has 1 saturated carbocycles. The van der Waals surface area contributed by atoms with Crippen LogP contribution in [0.3, 0.4) is 0 Å². The molecule has 1 aromatic heterocycles. The van der Waals surface area contributed by atoms with Gasteiger partial charge in [-0.3, -0.25) is 0 Å². The minimum atomic E-state index is -5.55. The summed E-state index contributed by atoms with van der Waals surface area (Å²) in [4.78, 5) is 3.16. The van der Waals surface area contributed by atoms with Crippen LogP contribution in [0.5, 0.6) is 0 Å². The predicted molar refractivity (Wildman–Crippen MR) is 48.8 cm³/mol. The fourth-order valence-electron chi connectivity index (χ4n) is 1.63. The van der Waals surface area contributed by atoms with E-state index in [9.17, 15) is 26.3 Å². The number of halogens is 6. The summed E-state index contributed by atoms with van der Waals surface area (Å²) < 4.78 is 78.5. The van der Waals surface area contributed by atoms with Crippen LogP contribution in [0.2, 0.25) is 0 Å². The van der Waals surface area contributed by atoms with Crippen molar-refractivity contribution in [2.45, 2.75) is 37.2 Å². The van der Waals surface area contributed by atoms with Crippen LogP contribution in [0, 0.1) is 5.92 Å². The fraction of sp³-hybridized carbons (Fsp3) is 0.778. The number of hydrogen-bond acceptors (Lipinski definition) is 4. The van der Waals surface area contributed by atoms with E-state index in [0.717, 1.165) is 12.8 Å². The van der Waals surface area contributed by atoms with Crippen LogP contribution >= 0.6 is 0 Å². The molecule has 2 rings (SSSR count). The molecule has 1 fully saturated rings. The molecule has 0 amide bonds. The highest BCUT2D eigenvalue weighted by Gasteiger charge is 2.61. The average Bonchev–Trinajstić information content (AvgIpc) is 2.94. The Labute approximate surface area is 102 Å². The van der Waals surface area contributed by atoms with Crippen molar-refractivity contribution >= 4 is 0 Å². The summed E-state index contributed by atoms with van der Waals surface area (Å²) in [5.41, 5.74) is 5.58. The first kappa shape index (κ1) is 14.1. The minimum absolute atomic E-state index is 0.0133. The highest BCUT2D eigenvalue weighted by molar-refractivity contribution is 5.05. The van der Waals surface area contributed by atoms with Gasteiger partial charge in [-0.1, -0.05) is 5.16 Å². The normalized spacial score (nSPS) is 18.9. The van der Waals surface area contributed by atoms with Crippen LogP contribution in [-0.2, 0) is 0 Å². The Bertz CT molecular complexity index is 436. The molecule has 1 atom stereocenters. The molecule has 1 unspecified atom stereocenters. The second-order valence-electron chi connectivity index (χ2n) is 4.37. The molecule has 0 saturated heterocycles. The largest absolute Gasteiger partial charge is 0.409 e. The smallest absolute Gasteiger partial charge is 0.338 e. The Balaban J connectivity index is 2.28. The molecule has 10 heteroatoms. The van der Waals surface area contributed by atoms with Crippen molar-refractivity contribution in [3.8, 4) is 0 Å². The zero-order valence-electron chi connectivity index (χ0n) is 9.29. The maximum Gasteiger partial charge on any atom is 0.409 e. The Morgan fingerprint density at radius 2 is 1.63 bits per heavy atom. The van der Waals surface area contributed by atoms with Crippen LogP contribution in [0.15, 0.2) is 4.52 Å². The molecule has 0 radical (unpaired) electrons. The zero-order chi connectivity index (χ0) is 14.4. The molecule has 0 aliphatic heterocycles. The van der Waals surface area contributed by atoms with Gasteiger partial charge in [0.25, 0.3) is 0 Å². The summed E-state index contributed by atoms with van der Waals surface area (Å²) in [5.74, 6) is -5.64. The second-order valence-corrected chi connectivity index (χ2v) is 4.37. The van der Waals surface area contributed by atoms with Crippen LogP contribution in [0.4, 0.5) is 26.3 Å². The van der Waals surface area contributed by atoms with Gasteiger partial charge in [-0.25, -0.2) is 0 Å². The third kappa shape index (κ3) is 2.99. The lowest BCUT2D eigenvalue weighted by Crippen LogP contribution is -2.34. The van der Waals surface area contributed by atoms with Crippen molar-refractivity contribution < 1.29 is 30.9 Å². The summed E-state index contributed by atoms with van der Waals surface area (Å²) in [6.07, 6.45) is -9.61. The highest BCUT2D eigenvalue weighted by Crippen LogP contribution is 2.46. The number of nitrogens with zero attached hydrogens (tertiary/aromatic N) is 2. The molecule has 0 bridgehead atoms. The van der Waals surface area contributed by atoms with Crippen molar-refractivity contribution in [1.82, 2.24) is 10.1 Å².